The lowest BCUT2D eigenvalue weighted by atomic mass is 9.98. The molecule has 1 heterocycles. The highest BCUT2D eigenvalue weighted by Gasteiger charge is 2.32. The third kappa shape index (κ3) is 2.48. The second kappa shape index (κ2) is 4.71. The van der Waals surface area contributed by atoms with Gasteiger partial charge < -0.3 is 9.88 Å². The molecular formula is C14H25N3. The van der Waals surface area contributed by atoms with E-state index in [4.69, 9.17) is 0 Å². The molecule has 0 aromatic carbocycles. The highest BCUT2D eigenvalue weighted by atomic mass is 15.2. The number of hydrogen-bond donors (Lipinski definition) is 1. The van der Waals surface area contributed by atoms with Crippen LogP contribution in [0.15, 0.2) is 6.20 Å². The smallest absolute Gasteiger partial charge is 0.203 e. The van der Waals surface area contributed by atoms with Crippen molar-refractivity contribution in [3.8, 4) is 0 Å². The number of hydrogen-bond acceptors (Lipinski definition) is 2. The quantitative estimate of drug-likeness (QED) is 0.867. The van der Waals surface area contributed by atoms with Crippen LogP contribution in [0.1, 0.15) is 52.3 Å². The van der Waals surface area contributed by atoms with Crippen molar-refractivity contribution in [2.45, 2.75) is 59.5 Å². The topological polar surface area (TPSA) is 29.9 Å². The van der Waals surface area contributed by atoms with Crippen LogP contribution < -0.4 is 5.32 Å². The Bertz CT molecular complexity index is 381. The third-order valence-electron chi connectivity index (χ3n) is 4.05. The van der Waals surface area contributed by atoms with Gasteiger partial charge in [0, 0.05) is 18.3 Å². The maximum atomic E-state index is 4.61. The number of aromatic nitrogens is 2. The molecule has 17 heavy (non-hydrogen) atoms. The molecule has 1 aromatic rings. The summed E-state index contributed by atoms with van der Waals surface area (Å²) in [5, 5.41) is 3.46. The molecular weight excluding hydrogens is 210 g/mol. The van der Waals surface area contributed by atoms with Gasteiger partial charge in [-0.05, 0) is 45.4 Å². The van der Waals surface area contributed by atoms with E-state index in [1.54, 1.807) is 0 Å². The second-order valence-electron chi connectivity index (χ2n) is 5.89. The van der Waals surface area contributed by atoms with Gasteiger partial charge in [-0.15, -0.1) is 0 Å². The summed E-state index contributed by atoms with van der Waals surface area (Å²) in [6.45, 7) is 11.1. The van der Waals surface area contributed by atoms with Gasteiger partial charge in [0.05, 0.1) is 5.69 Å². The lowest BCUT2D eigenvalue weighted by Gasteiger charge is -2.22. The van der Waals surface area contributed by atoms with E-state index >= 15 is 0 Å². The first-order chi connectivity index (χ1) is 7.99. The summed E-state index contributed by atoms with van der Waals surface area (Å²) in [6, 6.07) is 1.05. The van der Waals surface area contributed by atoms with Crippen LogP contribution in [0.25, 0.3) is 0 Å². The Hall–Kier alpha value is -0.990. The molecule has 1 N–H and O–H groups in total. The van der Waals surface area contributed by atoms with Crippen molar-refractivity contribution in [2.75, 3.05) is 5.32 Å². The standard InChI is InChI=1S/C14H25N3/c1-9(2)15-14-16-11(4)8-17(14)13-7-6-10(3)12(13)5/h8-10,12-13H,6-7H2,1-5H3,(H,15,16). The monoisotopic (exact) mass is 235 g/mol. The summed E-state index contributed by atoms with van der Waals surface area (Å²) in [5.41, 5.74) is 1.11. The first-order valence-corrected chi connectivity index (χ1v) is 6.81. The van der Waals surface area contributed by atoms with Crippen molar-refractivity contribution in [3.05, 3.63) is 11.9 Å². The Morgan fingerprint density at radius 2 is 2.06 bits per heavy atom. The van der Waals surface area contributed by atoms with Crippen LogP contribution in [0.5, 0.6) is 0 Å². The molecule has 96 valence electrons. The molecule has 1 aliphatic rings. The molecule has 0 amide bonds. The third-order valence-corrected chi connectivity index (χ3v) is 4.05. The molecule has 3 nitrogen and oxygen atoms in total. The second-order valence-corrected chi connectivity index (χ2v) is 5.89. The Kier molecular flexibility index (Phi) is 3.45. The van der Waals surface area contributed by atoms with Crippen LogP contribution in [0.3, 0.4) is 0 Å². The van der Waals surface area contributed by atoms with Gasteiger partial charge in [0.15, 0.2) is 0 Å². The molecule has 1 fully saturated rings. The van der Waals surface area contributed by atoms with Crippen LogP contribution in [0, 0.1) is 18.8 Å². The Morgan fingerprint density at radius 3 is 2.59 bits per heavy atom. The maximum absolute atomic E-state index is 4.61. The summed E-state index contributed by atoms with van der Waals surface area (Å²) in [5.74, 6) is 2.62. The van der Waals surface area contributed by atoms with Crippen LogP contribution in [-0.4, -0.2) is 15.6 Å². The molecule has 3 heteroatoms. The van der Waals surface area contributed by atoms with E-state index in [-0.39, 0.29) is 0 Å². The van der Waals surface area contributed by atoms with Gasteiger partial charge in [0.25, 0.3) is 0 Å². The largest absolute Gasteiger partial charge is 0.353 e. The van der Waals surface area contributed by atoms with Gasteiger partial charge in [0.2, 0.25) is 5.95 Å². The fourth-order valence-corrected chi connectivity index (χ4v) is 2.86. The zero-order valence-electron chi connectivity index (χ0n) is 11.7. The van der Waals surface area contributed by atoms with Crippen LogP contribution in [-0.2, 0) is 0 Å². The van der Waals surface area contributed by atoms with Crippen molar-refractivity contribution in [1.29, 1.82) is 0 Å². The Labute approximate surface area is 105 Å². The SMILES string of the molecule is Cc1cn(C2CCC(C)C2C)c(NC(C)C)n1. The average molecular weight is 235 g/mol. The van der Waals surface area contributed by atoms with Crippen molar-refractivity contribution in [1.82, 2.24) is 9.55 Å². The molecule has 0 bridgehead atoms. The summed E-state index contributed by atoms with van der Waals surface area (Å²) in [7, 11) is 0. The number of nitrogens with one attached hydrogen (secondary N) is 1. The maximum Gasteiger partial charge on any atom is 0.203 e. The van der Waals surface area contributed by atoms with Gasteiger partial charge in [-0.1, -0.05) is 13.8 Å². The number of anilines is 1. The van der Waals surface area contributed by atoms with Crippen molar-refractivity contribution in [3.63, 3.8) is 0 Å². The van der Waals surface area contributed by atoms with Crippen molar-refractivity contribution < 1.29 is 0 Å². The molecule has 1 aromatic heterocycles. The Balaban J connectivity index is 2.25. The first kappa shape index (κ1) is 12.5. The molecule has 3 unspecified atom stereocenters. The predicted octanol–water partition coefficient (Wildman–Crippen LogP) is 3.62. The van der Waals surface area contributed by atoms with Gasteiger partial charge in [0.1, 0.15) is 0 Å². The van der Waals surface area contributed by atoms with Crippen molar-refractivity contribution in [2.24, 2.45) is 11.8 Å². The molecule has 0 saturated heterocycles. The fourth-order valence-electron chi connectivity index (χ4n) is 2.86. The van der Waals surface area contributed by atoms with E-state index in [2.05, 4.69) is 55.7 Å². The summed E-state index contributed by atoms with van der Waals surface area (Å²) >= 11 is 0. The molecule has 2 rings (SSSR count). The number of aryl methyl sites for hydroxylation is 1. The van der Waals surface area contributed by atoms with E-state index in [1.807, 2.05) is 0 Å². The minimum absolute atomic E-state index is 0.435. The predicted molar refractivity (Wildman–Crippen MR) is 72.3 cm³/mol. The van der Waals surface area contributed by atoms with E-state index in [0.717, 1.165) is 23.5 Å². The normalized spacial score (nSPS) is 28.9. The van der Waals surface area contributed by atoms with E-state index in [9.17, 15) is 0 Å². The highest BCUT2D eigenvalue weighted by Crippen LogP contribution is 2.41. The zero-order valence-corrected chi connectivity index (χ0v) is 11.7. The lowest BCUT2D eigenvalue weighted by Crippen LogP contribution is -2.19. The van der Waals surface area contributed by atoms with Gasteiger partial charge in [-0.2, -0.15) is 0 Å². The van der Waals surface area contributed by atoms with Crippen LogP contribution in [0.4, 0.5) is 5.95 Å². The van der Waals surface area contributed by atoms with Gasteiger partial charge in [-0.3, -0.25) is 0 Å². The van der Waals surface area contributed by atoms with E-state index in [0.29, 0.717) is 12.1 Å². The summed E-state index contributed by atoms with van der Waals surface area (Å²) in [4.78, 5) is 4.61. The highest BCUT2D eigenvalue weighted by molar-refractivity contribution is 5.31. The fraction of sp³-hybridized carbons (Fsp3) is 0.786. The zero-order chi connectivity index (χ0) is 12.6. The Morgan fingerprint density at radius 1 is 1.35 bits per heavy atom. The minimum atomic E-state index is 0.435. The summed E-state index contributed by atoms with van der Waals surface area (Å²) in [6.07, 6.45) is 4.82. The van der Waals surface area contributed by atoms with Crippen LogP contribution >= 0.6 is 0 Å². The lowest BCUT2D eigenvalue weighted by molar-refractivity contribution is 0.354. The average Bonchev–Trinajstić information content (AvgIpc) is 2.72. The van der Waals surface area contributed by atoms with Crippen LogP contribution in [0.2, 0.25) is 0 Å². The molecule has 1 saturated carbocycles. The van der Waals surface area contributed by atoms with Crippen molar-refractivity contribution >= 4 is 5.95 Å². The number of imidazole rings is 1. The number of nitrogens with zero attached hydrogens (tertiary/aromatic N) is 2. The van der Waals surface area contributed by atoms with Gasteiger partial charge >= 0.3 is 0 Å². The molecule has 1 aliphatic carbocycles. The van der Waals surface area contributed by atoms with E-state index in [1.165, 1.54) is 12.8 Å². The minimum Gasteiger partial charge on any atom is -0.353 e. The first-order valence-electron chi connectivity index (χ1n) is 6.81. The molecule has 0 spiro atoms. The summed E-state index contributed by atoms with van der Waals surface area (Å²) < 4.78 is 2.36. The molecule has 3 atom stereocenters. The molecule has 0 aliphatic heterocycles. The van der Waals surface area contributed by atoms with Gasteiger partial charge in [-0.25, -0.2) is 4.98 Å². The van der Waals surface area contributed by atoms with E-state index < -0.39 is 0 Å². The number of rotatable bonds is 3. The molecule has 0 radical (unpaired) electrons.